The molecule has 0 fully saturated rings. The molecule has 2 aromatic rings. The van der Waals surface area contributed by atoms with Crippen LogP contribution in [0.25, 0.3) is 5.69 Å². The number of aromatic amines is 2. The van der Waals surface area contributed by atoms with Gasteiger partial charge in [-0.05, 0) is 31.2 Å². The summed E-state index contributed by atoms with van der Waals surface area (Å²) in [6, 6.07) is 6.22. The number of Topliss-reactive ketones (excluding diaryl/α,β-unsaturated/α-hetero) is 1. The molecule has 1 heterocycles. The zero-order chi connectivity index (χ0) is 11.7. The van der Waals surface area contributed by atoms with Crippen LogP contribution in [-0.4, -0.2) is 20.5 Å². The smallest absolute Gasteiger partial charge is 0.295 e. The van der Waals surface area contributed by atoms with Gasteiger partial charge in [-0.3, -0.25) is 4.79 Å². The van der Waals surface area contributed by atoms with Crippen molar-refractivity contribution in [3.63, 3.8) is 0 Å². The van der Waals surface area contributed by atoms with E-state index in [-0.39, 0.29) is 22.8 Å². The van der Waals surface area contributed by atoms with E-state index in [2.05, 4.69) is 10.2 Å². The van der Waals surface area contributed by atoms with E-state index in [0.717, 1.165) is 4.57 Å². The second kappa shape index (κ2) is 4.96. The molecule has 2 N–H and O–H groups in total. The monoisotopic (exact) mass is 299 g/mol. The van der Waals surface area contributed by atoms with E-state index in [4.69, 9.17) is 0 Å². The molecular formula is C10H10BrN3O3. The molecule has 17 heavy (non-hydrogen) atoms. The second-order valence-corrected chi connectivity index (χ2v) is 3.30. The number of halogens is 1. The molecule has 2 rings (SSSR count). The van der Waals surface area contributed by atoms with Crippen LogP contribution in [0.15, 0.2) is 33.9 Å². The highest BCUT2D eigenvalue weighted by atomic mass is 79.9. The first-order valence-electron chi connectivity index (χ1n) is 4.60. The number of nitrogens with zero attached hydrogens (tertiary/aromatic N) is 1. The zero-order valence-corrected chi connectivity index (χ0v) is 10.6. The van der Waals surface area contributed by atoms with Crippen molar-refractivity contribution in [3.8, 4) is 5.69 Å². The maximum absolute atomic E-state index is 11.3. The third-order valence-corrected chi connectivity index (χ3v) is 2.21. The van der Waals surface area contributed by atoms with E-state index >= 15 is 0 Å². The van der Waals surface area contributed by atoms with Gasteiger partial charge in [0, 0.05) is 5.56 Å². The number of nitrogens with one attached hydrogen (secondary N) is 2. The van der Waals surface area contributed by atoms with Crippen LogP contribution in [-0.2, 0) is 0 Å². The van der Waals surface area contributed by atoms with Gasteiger partial charge in [0.15, 0.2) is 5.78 Å². The lowest BCUT2D eigenvalue weighted by Crippen LogP contribution is -2.24. The largest absolute Gasteiger partial charge is 0.348 e. The van der Waals surface area contributed by atoms with Crippen LogP contribution in [0.5, 0.6) is 0 Å². The minimum atomic E-state index is -0.541. The molecule has 90 valence electrons. The average Bonchev–Trinajstić information content (AvgIpc) is 2.59. The number of ketones is 1. The molecule has 7 heteroatoms. The van der Waals surface area contributed by atoms with Crippen molar-refractivity contribution in [2.24, 2.45) is 0 Å². The summed E-state index contributed by atoms with van der Waals surface area (Å²) >= 11 is 0. The number of hydrogen-bond donors (Lipinski definition) is 2. The summed E-state index contributed by atoms with van der Waals surface area (Å²) in [4.78, 5) is 33.6. The van der Waals surface area contributed by atoms with E-state index < -0.39 is 11.4 Å². The predicted octanol–water partition coefficient (Wildman–Crippen LogP) is 0.634. The molecule has 0 unspecified atom stereocenters. The Labute approximate surface area is 106 Å². The zero-order valence-electron chi connectivity index (χ0n) is 8.89. The first-order chi connectivity index (χ1) is 7.59. The Kier molecular flexibility index (Phi) is 3.84. The number of benzene rings is 1. The van der Waals surface area contributed by atoms with Gasteiger partial charge in [0.25, 0.3) is 0 Å². The standard InChI is InChI=1S/C10H9N3O3.BrH/c1-6(14)7-2-4-8(5-3-7)13-9(15)11-12-10(13)16;/h2-5H,1H3,(H,11,15)(H,12,16);1H. The van der Waals surface area contributed by atoms with Crippen molar-refractivity contribution in [1.29, 1.82) is 0 Å². The van der Waals surface area contributed by atoms with E-state index in [9.17, 15) is 14.4 Å². The lowest BCUT2D eigenvalue weighted by atomic mass is 10.1. The fourth-order valence-electron chi connectivity index (χ4n) is 1.39. The fourth-order valence-corrected chi connectivity index (χ4v) is 1.39. The lowest BCUT2D eigenvalue weighted by Gasteiger charge is -1.99. The van der Waals surface area contributed by atoms with E-state index in [1.165, 1.54) is 6.92 Å². The van der Waals surface area contributed by atoms with Gasteiger partial charge in [0.2, 0.25) is 0 Å². The molecule has 0 saturated heterocycles. The quantitative estimate of drug-likeness (QED) is 0.798. The summed E-state index contributed by atoms with van der Waals surface area (Å²) in [5.41, 5.74) is -0.137. The Morgan fingerprint density at radius 2 is 1.53 bits per heavy atom. The highest BCUT2D eigenvalue weighted by molar-refractivity contribution is 8.93. The molecule has 0 aliphatic carbocycles. The third-order valence-electron chi connectivity index (χ3n) is 2.21. The maximum atomic E-state index is 11.3. The molecule has 1 aromatic carbocycles. The summed E-state index contributed by atoms with van der Waals surface area (Å²) in [7, 11) is 0. The minimum absolute atomic E-state index is 0. The normalized spacial score (nSPS) is 9.71. The topological polar surface area (TPSA) is 87.7 Å². The van der Waals surface area contributed by atoms with Gasteiger partial charge >= 0.3 is 11.4 Å². The first-order valence-corrected chi connectivity index (χ1v) is 4.60. The minimum Gasteiger partial charge on any atom is -0.295 e. The molecule has 0 aliphatic rings. The van der Waals surface area contributed by atoms with Crippen LogP contribution in [0.3, 0.4) is 0 Å². The number of rotatable bonds is 2. The van der Waals surface area contributed by atoms with Crippen molar-refractivity contribution in [1.82, 2.24) is 14.8 Å². The Morgan fingerprint density at radius 1 is 1.06 bits per heavy atom. The predicted molar refractivity (Wildman–Crippen MR) is 67.3 cm³/mol. The van der Waals surface area contributed by atoms with Gasteiger partial charge in [0.1, 0.15) is 0 Å². The molecule has 0 saturated carbocycles. The molecule has 0 amide bonds. The van der Waals surface area contributed by atoms with Gasteiger partial charge in [-0.25, -0.2) is 24.4 Å². The summed E-state index contributed by atoms with van der Waals surface area (Å²) in [6.07, 6.45) is 0. The third kappa shape index (κ3) is 2.44. The van der Waals surface area contributed by atoms with Crippen molar-refractivity contribution < 1.29 is 4.79 Å². The van der Waals surface area contributed by atoms with E-state index in [1.807, 2.05) is 0 Å². The first kappa shape index (κ1) is 13.2. The van der Waals surface area contributed by atoms with Crippen molar-refractivity contribution in [2.75, 3.05) is 0 Å². The van der Waals surface area contributed by atoms with Crippen LogP contribution >= 0.6 is 17.0 Å². The van der Waals surface area contributed by atoms with Crippen LogP contribution in [0.4, 0.5) is 0 Å². The van der Waals surface area contributed by atoms with Gasteiger partial charge in [0.05, 0.1) is 5.69 Å². The Balaban J connectivity index is 0.00000144. The van der Waals surface area contributed by atoms with Gasteiger partial charge < -0.3 is 0 Å². The van der Waals surface area contributed by atoms with Crippen LogP contribution < -0.4 is 11.4 Å². The molecular weight excluding hydrogens is 290 g/mol. The van der Waals surface area contributed by atoms with E-state index in [1.54, 1.807) is 24.3 Å². The Bertz CT molecular complexity index is 608. The van der Waals surface area contributed by atoms with Gasteiger partial charge in [-0.15, -0.1) is 17.0 Å². The van der Waals surface area contributed by atoms with Crippen LogP contribution in [0.1, 0.15) is 17.3 Å². The van der Waals surface area contributed by atoms with Gasteiger partial charge in [-0.2, -0.15) is 0 Å². The number of aromatic nitrogens is 3. The number of hydrogen-bond acceptors (Lipinski definition) is 3. The molecule has 0 radical (unpaired) electrons. The summed E-state index contributed by atoms with van der Waals surface area (Å²) < 4.78 is 0.948. The van der Waals surface area contributed by atoms with Crippen LogP contribution in [0.2, 0.25) is 0 Å². The van der Waals surface area contributed by atoms with Crippen molar-refractivity contribution in [3.05, 3.63) is 50.8 Å². The number of carbonyl (C=O) groups is 1. The molecule has 0 aliphatic heterocycles. The molecule has 0 bridgehead atoms. The highest BCUT2D eigenvalue weighted by Crippen LogP contribution is 2.06. The van der Waals surface area contributed by atoms with Gasteiger partial charge in [-0.1, -0.05) is 0 Å². The number of H-pyrrole nitrogens is 2. The molecule has 0 spiro atoms. The number of carbonyl (C=O) groups excluding carboxylic acids is 1. The average molecular weight is 300 g/mol. The lowest BCUT2D eigenvalue weighted by molar-refractivity contribution is 0.101. The van der Waals surface area contributed by atoms with Crippen molar-refractivity contribution >= 4 is 22.8 Å². The second-order valence-electron chi connectivity index (χ2n) is 3.30. The summed E-state index contributed by atoms with van der Waals surface area (Å²) in [5.74, 6) is -0.0677. The Hall–Kier alpha value is -1.89. The summed E-state index contributed by atoms with van der Waals surface area (Å²) in [5, 5.41) is 4.35. The fraction of sp³-hybridized carbons (Fsp3) is 0.100. The highest BCUT2D eigenvalue weighted by Gasteiger charge is 2.06. The van der Waals surface area contributed by atoms with Crippen LogP contribution in [0, 0.1) is 0 Å². The molecule has 6 nitrogen and oxygen atoms in total. The van der Waals surface area contributed by atoms with Crippen molar-refractivity contribution in [2.45, 2.75) is 6.92 Å². The Morgan fingerprint density at radius 3 is 1.94 bits per heavy atom. The van der Waals surface area contributed by atoms with E-state index in [0.29, 0.717) is 11.3 Å². The summed E-state index contributed by atoms with van der Waals surface area (Å²) in [6.45, 7) is 1.45. The molecule has 0 atom stereocenters. The SMILES string of the molecule is Br.CC(=O)c1ccc(-n2c(=O)[nH][nH]c2=O)cc1. The molecule has 1 aromatic heterocycles. The maximum Gasteiger partial charge on any atom is 0.348 e.